The molecule has 2 unspecified atom stereocenters. The molecule has 2 aromatic rings. The summed E-state index contributed by atoms with van der Waals surface area (Å²) >= 11 is 6.03. The Morgan fingerprint density at radius 2 is 2.26 bits per heavy atom. The minimum Gasteiger partial charge on any atom is -0.372 e. The number of nitriles is 1. The summed E-state index contributed by atoms with van der Waals surface area (Å²) in [5, 5.41) is 25.4. The van der Waals surface area contributed by atoms with Gasteiger partial charge >= 0.3 is 0 Å². The summed E-state index contributed by atoms with van der Waals surface area (Å²) in [6.45, 7) is 2.54. The highest BCUT2D eigenvalue weighted by atomic mass is 35.5. The molecule has 3 rings (SSSR count). The van der Waals surface area contributed by atoms with E-state index >= 15 is 0 Å². The van der Waals surface area contributed by atoms with Crippen molar-refractivity contribution in [1.29, 1.82) is 10.7 Å². The lowest BCUT2D eigenvalue weighted by molar-refractivity contribution is 0.0954. The Kier molecular flexibility index (Phi) is 10.4. The van der Waals surface area contributed by atoms with Gasteiger partial charge in [-0.05, 0) is 37.6 Å². The van der Waals surface area contributed by atoms with Crippen LogP contribution in [0.25, 0.3) is 0 Å². The molecule has 38 heavy (non-hydrogen) atoms. The first-order valence-corrected chi connectivity index (χ1v) is 12.1. The van der Waals surface area contributed by atoms with E-state index in [1.165, 1.54) is 43.9 Å². The van der Waals surface area contributed by atoms with Crippen LogP contribution < -0.4 is 16.0 Å². The summed E-state index contributed by atoms with van der Waals surface area (Å²) < 4.78 is 19.9. The zero-order chi connectivity index (χ0) is 27.5. The van der Waals surface area contributed by atoms with Gasteiger partial charge in [0.25, 0.3) is 5.91 Å². The molecule has 1 aliphatic heterocycles. The van der Waals surface area contributed by atoms with Gasteiger partial charge in [-0.15, -0.1) is 0 Å². The van der Waals surface area contributed by atoms with Gasteiger partial charge in [-0.3, -0.25) is 19.8 Å². The van der Waals surface area contributed by atoms with Gasteiger partial charge in [-0.2, -0.15) is 5.26 Å². The average molecular weight is 540 g/mol. The van der Waals surface area contributed by atoms with Crippen LogP contribution in [0.3, 0.4) is 0 Å². The smallest absolute Gasteiger partial charge is 0.254 e. The number of amides is 1. The molecule has 0 saturated heterocycles. The van der Waals surface area contributed by atoms with E-state index in [9.17, 15) is 9.18 Å². The molecule has 0 radical (unpaired) electrons. The number of methoxy groups -OCH3 is 1. The quantitative estimate of drug-likeness (QED) is 0.206. The van der Waals surface area contributed by atoms with Crippen molar-refractivity contribution < 1.29 is 13.9 Å². The van der Waals surface area contributed by atoms with Crippen LogP contribution in [0.2, 0.25) is 5.02 Å². The number of aromatic nitrogens is 1. The van der Waals surface area contributed by atoms with Gasteiger partial charge < -0.3 is 26.1 Å². The zero-order valence-corrected chi connectivity index (χ0v) is 21.6. The van der Waals surface area contributed by atoms with Gasteiger partial charge in [0.05, 0.1) is 29.4 Å². The number of amidine groups is 3. The lowest BCUT2D eigenvalue weighted by atomic mass is 10.1. The van der Waals surface area contributed by atoms with Crippen molar-refractivity contribution in [1.82, 2.24) is 15.6 Å². The van der Waals surface area contributed by atoms with E-state index in [2.05, 4.69) is 35.9 Å². The fourth-order valence-corrected chi connectivity index (χ4v) is 3.52. The van der Waals surface area contributed by atoms with E-state index in [0.717, 1.165) is 0 Å². The van der Waals surface area contributed by atoms with Crippen molar-refractivity contribution in [2.75, 3.05) is 32.1 Å². The first kappa shape index (κ1) is 28.4. The molecule has 1 aliphatic rings. The summed E-state index contributed by atoms with van der Waals surface area (Å²) in [6, 6.07) is 7.39. The second kappa shape index (κ2) is 13.9. The lowest BCUT2D eigenvalue weighted by Gasteiger charge is -2.23. The van der Waals surface area contributed by atoms with E-state index in [1.807, 2.05) is 6.07 Å². The van der Waals surface area contributed by atoms with Crippen LogP contribution in [0.4, 0.5) is 10.1 Å². The summed E-state index contributed by atoms with van der Waals surface area (Å²) in [5.74, 6) is -0.250. The maximum Gasteiger partial charge on any atom is 0.254 e. The molecule has 0 fully saturated rings. The van der Waals surface area contributed by atoms with E-state index in [-0.39, 0.29) is 41.3 Å². The monoisotopic (exact) mass is 539 g/mol. The fourth-order valence-electron chi connectivity index (χ4n) is 3.35. The Bertz CT molecular complexity index is 1310. The Balaban J connectivity index is 1.69. The molecule has 0 spiro atoms. The van der Waals surface area contributed by atoms with Gasteiger partial charge in [-0.1, -0.05) is 11.6 Å². The number of nitrogens with one attached hydrogen (secondary N) is 4. The first-order chi connectivity index (χ1) is 18.4. The third kappa shape index (κ3) is 7.64. The molecule has 1 amide bonds. The number of aliphatic imine (C=N–C) groups is 3. The fraction of sp³-hybridized carbons (Fsp3) is 0.320. The van der Waals surface area contributed by atoms with E-state index < -0.39 is 11.9 Å². The van der Waals surface area contributed by atoms with E-state index in [0.29, 0.717) is 36.1 Å². The molecule has 0 bridgehead atoms. The van der Waals surface area contributed by atoms with Crippen molar-refractivity contribution in [2.45, 2.75) is 25.5 Å². The number of hydrogen-bond donors (Lipinski definition) is 4. The molecule has 0 saturated carbocycles. The average Bonchev–Trinajstić information content (AvgIpc) is 2.93. The molecule has 13 heteroatoms. The second-order valence-corrected chi connectivity index (χ2v) is 8.54. The molecule has 0 aliphatic carbocycles. The van der Waals surface area contributed by atoms with Gasteiger partial charge in [0.15, 0.2) is 5.84 Å². The molecule has 1 aromatic carbocycles. The topological polar surface area (TPSA) is 160 Å². The summed E-state index contributed by atoms with van der Waals surface area (Å²) in [5.41, 5.74) is 0.857. The number of pyridine rings is 1. The van der Waals surface area contributed by atoms with Gasteiger partial charge in [0.2, 0.25) is 5.84 Å². The Morgan fingerprint density at radius 3 is 3.00 bits per heavy atom. The lowest BCUT2D eigenvalue weighted by Crippen LogP contribution is -2.37. The molecule has 1 aromatic heterocycles. The standard InChI is InChI=1S/C25H27ClFN9O2/c1-15(11-28)34-22(12-29)31-7-3-8-32-25(37)18-13-30-9-6-20(18)35-24-21(38-2)14-33-23(36-24)17-10-16(26)4-5-19(17)27/h4-6,9-11,13,15,21,28H,3,7-8,14H2,1-2H3,(H,31,34)(H,32,37)(H,30,33,35,36). The van der Waals surface area contributed by atoms with Crippen LogP contribution in [-0.2, 0) is 4.74 Å². The number of carbonyl (C=O) groups excluding carboxylic acids is 1. The number of anilines is 1. The third-order valence-corrected chi connectivity index (χ3v) is 5.57. The minimum absolute atomic E-state index is 0.132. The molecular formula is C25H27ClFN9O2. The van der Waals surface area contributed by atoms with Crippen LogP contribution in [0.15, 0.2) is 51.6 Å². The van der Waals surface area contributed by atoms with Crippen LogP contribution in [-0.4, -0.2) is 73.5 Å². The number of hydrogen-bond acceptors (Lipinski definition) is 9. The number of rotatable bonds is 10. The van der Waals surface area contributed by atoms with Gasteiger partial charge in [0, 0.05) is 43.8 Å². The largest absolute Gasteiger partial charge is 0.372 e. The van der Waals surface area contributed by atoms with E-state index in [1.54, 1.807) is 13.0 Å². The summed E-state index contributed by atoms with van der Waals surface area (Å²) in [4.78, 5) is 29.9. The zero-order valence-electron chi connectivity index (χ0n) is 20.8. The number of ether oxygens (including phenoxy) is 1. The first-order valence-electron chi connectivity index (χ1n) is 11.7. The minimum atomic E-state index is -0.541. The maximum absolute atomic E-state index is 14.4. The molecule has 198 valence electrons. The molecular weight excluding hydrogens is 513 g/mol. The second-order valence-electron chi connectivity index (χ2n) is 8.11. The van der Waals surface area contributed by atoms with E-state index in [4.69, 9.17) is 27.0 Å². The Morgan fingerprint density at radius 1 is 1.45 bits per heavy atom. The highest BCUT2D eigenvalue weighted by Gasteiger charge is 2.24. The van der Waals surface area contributed by atoms with Crippen molar-refractivity contribution >= 4 is 46.9 Å². The Hall–Kier alpha value is -4.21. The molecule has 11 nitrogen and oxygen atoms in total. The van der Waals surface area contributed by atoms with Gasteiger partial charge in [-0.25, -0.2) is 9.38 Å². The van der Waals surface area contributed by atoms with Crippen molar-refractivity contribution in [2.24, 2.45) is 15.0 Å². The predicted molar refractivity (Wildman–Crippen MR) is 145 cm³/mol. The molecule has 2 atom stereocenters. The SMILES string of the molecule is COC1CN=C(c2cc(Cl)ccc2F)N=C1Nc1ccncc1C(=O)NCCCN=C(C#N)NC(C)C=N. The number of halogens is 2. The number of benzene rings is 1. The van der Waals surface area contributed by atoms with Crippen LogP contribution >= 0.6 is 11.6 Å². The highest BCUT2D eigenvalue weighted by molar-refractivity contribution is 6.31. The van der Waals surface area contributed by atoms with Crippen LogP contribution in [0.5, 0.6) is 0 Å². The van der Waals surface area contributed by atoms with Crippen LogP contribution in [0, 0.1) is 22.6 Å². The predicted octanol–water partition coefficient (Wildman–Crippen LogP) is 2.83. The summed E-state index contributed by atoms with van der Waals surface area (Å²) in [6.07, 6.45) is 4.06. The number of carbonyl (C=O) groups is 1. The van der Waals surface area contributed by atoms with Gasteiger partial charge in [0.1, 0.15) is 23.8 Å². The Labute approximate surface area is 224 Å². The van der Waals surface area contributed by atoms with Crippen molar-refractivity contribution in [3.63, 3.8) is 0 Å². The third-order valence-electron chi connectivity index (χ3n) is 5.33. The number of nitrogens with zero attached hydrogens (tertiary/aromatic N) is 5. The maximum atomic E-state index is 14.4. The van der Waals surface area contributed by atoms with Crippen molar-refractivity contribution in [3.8, 4) is 6.07 Å². The van der Waals surface area contributed by atoms with Crippen LogP contribution in [0.1, 0.15) is 29.3 Å². The normalized spacial score (nSPS) is 16.0. The summed E-state index contributed by atoms with van der Waals surface area (Å²) in [7, 11) is 1.50. The molecule has 2 heterocycles. The van der Waals surface area contributed by atoms with Crippen molar-refractivity contribution in [3.05, 3.63) is 58.6 Å². The highest BCUT2D eigenvalue weighted by Crippen LogP contribution is 2.20. The molecule has 4 N–H and O–H groups in total.